The molecule has 0 saturated carbocycles. The normalized spacial score (nSPS) is 12.1. The van der Waals surface area contributed by atoms with Crippen molar-refractivity contribution in [2.45, 2.75) is 26.3 Å². The predicted octanol–water partition coefficient (Wildman–Crippen LogP) is 2.18. The summed E-state index contributed by atoms with van der Waals surface area (Å²) in [5, 5.41) is 13.1. The number of nitrogens with zero attached hydrogens (tertiary/aromatic N) is 1. The fourth-order valence-corrected chi connectivity index (χ4v) is 1.67. The van der Waals surface area contributed by atoms with Gasteiger partial charge < -0.3 is 5.32 Å². The van der Waals surface area contributed by atoms with Gasteiger partial charge in [-0.05, 0) is 19.4 Å². The topological polar surface area (TPSA) is 72.2 Å². The lowest BCUT2D eigenvalue weighted by molar-refractivity contribution is -0.380. The van der Waals surface area contributed by atoms with Gasteiger partial charge in [0.05, 0.1) is 9.80 Å². The van der Waals surface area contributed by atoms with Crippen LogP contribution in [-0.2, 0) is 0 Å². The summed E-state index contributed by atoms with van der Waals surface area (Å²) >= 11 is 0.890. The van der Waals surface area contributed by atoms with Crippen LogP contribution in [0.25, 0.3) is 0 Å². The standard InChI is InChI=1S/C9H12N2O3S/c1-3-6(2)10-9(12)7-4-5-8(15-7)11(13)14/h4-6H,3H2,1-2H3,(H,10,12). The molecule has 0 aliphatic carbocycles. The zero-order chi connectivity index (χ0) is 11.4. The molecule has 0 bridgehead atoms. The highest BCUT2D eigenvalue weighted by molar-refractivity contribution is 7.17. The smallest absolute Gasteiger partial charge is 0.324 e. The molecular formula is C9H12N2O3S. The van der Waals surface area contributed by atoms with Crippen molar-refractivity contribution in [3.8, 4) is 0 Å². The second kappa shape index (κ2) is 4.88. The van der Waals surface area contributed by atoms with Crippen molar-refractivity contribution in [1.82, 2.24) is 5.32 Å². The van der Waals surface area contributed by atoms with E-state index in [2.05, 4.69) is 5.32 Å². The second-order valence-electron chi connectivity index (χ2n) is 3.18. The van der Waals surface area contributed by atoms with Crippen molar-refractivity contribution in [2.24, 2.45) is 0 Å². The molecule has 0 spiro atoms. The first-order chi connectivity index (χ1) is 7.04. The van der Waals surface area contributed by atoms with Crippen LogP contribution in [0, 0.1) is 10.1 Å². The fourth-order valence-electron chi connectivity index (χ4n) is 0.945. The maximum atomic E-state index is 11.5. The number of amides is 1. The van der Waals surface area contributed by atoms with Crippen molar-refractivity contribution in [3.63, 3.8) is 0 Å². The number of carbonyl (C=O) groups excluding carboxylic acids is 1. The van der Waals surface area contributed by atoms with Gasteiger partial charge in [0.15, 0.2) is 0 Å². The molecule has 15 heavy (non-hydrogen) atoms. The minimum absolute atomic E-state index is 0.00991. The van der Waals surface area contributed by atoms with Crippen LogP contribution in [0.2, 0.25) is 0 Å². The summed E-state index contributed by atoms with van der Waals surface area (Å²) in [6.07, 6.45) is 0.833. The SMILES string of the molecule is CCC(C)NC(=O)c1ccc([N+](=O)[O-])s1. The van der Waals surface area contributed by atoms with E-state index in [0.717, 1.165) is 17.8 Å². The first-order valence-electron chi connectivity index (χ1n) is 4.59. The van der Waals surface area contributed by atoms with Crippen LogP contribution in [-0.4, -0.2) is 16.9 Å². The van der Waals surface area contributed by atoms with E-state index in [0.29, 0.717) is 4.88 Å². The number of thiophene rings is 1. The molecule has 0 radical (unpaired) electrons. The van der Waals surface area contributed by atoms with Gasteiger partial charge in [-0.1, -0.05) is 18.3 Å². The Labute approximate surface area is 91.3 Å². The molecule has 1 unspecified atom stereocenters. The molecular weight excluding hydrogens is 216 g/mol. The number of nitrogens with one attached hydrogen (secondary N) is 1. The lowest BCUT2D eigenvalue weighted by Gasteiger charge is -2.09. The van der Waals surface area contributed by atoms with Crippen LogP contribution >= 0.6 is 11.3 Å². The Bertz CT molecular complexity index is 375. The van der Waals surface area contributed by atoms with Gasteiger partial charge in [-0.3, -0.25) is 14.9 Å². The van der Waals surface area contributed by atoms with Crippen molar-refractivity contribution in [1.29, 1.82) is 0 Å². The van der Waals surface area contributed by atoms with Crippen molar-refractivity contribution < 1.29 is 9.72 Å². The third-order valence-corrected chi connectivity index (χ3v) is 3.02. The van der Waals surface area contributed by atoms with E-state index in [9.17, 15) is 14.9 Å². The Morgan fingerprint density at radius 2 is 2.33 bits per heavy atom. The van der Waals surface area contributed by atoms with Crippen LogP contribution in [0.3, 0.4) is 0 Å². The molecule has 1 N–H and O–H groups in total. The molecule has 1 amide bonds. The summed E-state index contributed by atoms with van der Waals surface area (Å²) in [7, 11) is 0. The Balaban J connectivity index is 2.70. The fraction of sp³-hybridized carbons (Fsp3) is 0.444. The monoisotopic (exact) mass is 228 g/mol. The van der Waals surface area contributed by atoms with E-state index >= 15 is 0 Å². The molecule has 0 fully saturated rings. The first kappa shape index (κ1) is 11.6. The van der Waals surface area contributed by atoms with Crippen LogP contribution < -0.4 is 5.32 Å². The Morgan fingerprint density at radius 3 is 2.80 bits per heavy atom. The molecule has 0 aliphatic rings. The molecule has 6 heteroatoms. The Kier molecular flexibility index (Phi) is 3.79. The van der Waals surface area contributed by atoms with Crippen LogP contribution in [0.4, 0.5) is 5.00 Å². The summed E-state index contributed by atoms with van der Waals surface area (Å²) < 4.78 is 0. The zero-order valence-corrected chi connectivity index (χ0v) is 9.34. The molecule has 82 valence electrons. The highest BCUT2D eigenvalue weighted by Crippen LogP contribution is 2.23. The number of rotatable bonds is 4. The van der Waals surface area contributed by atoms with E-state index in [4.69, 9.17) is 0 Å². The molecule has 5 nitrogen and oxygen atoms in total. The van der Waals surface area contributed by atoms with Gasteiger partial charge in [0.1, 0.15) is 0 Å². The van der Waals surface area contributed by atoms with Gasteiger partial charge in [0.2, 0.25) is 0 Å². The average molecular weight is 228 g/mol. The minimum atomic E-state index is -0.495. The van der Waals surface area contributed by atoms with Gasteiger partial charge in [-0.15, -0.1) is 0 Å². The molecule has 1 aromatic rings. The lowest BCUT2D eigenvalue weighted by atomic mass is 10.2. The highest BCUT2D eigenvalue weighted by Gasteiger charge is 2.15. The quantitative estimate of drug-likeness (QED) is 0.634. The molecule has 1 heterocycles. The van der Waals surface area contributed by atoms with E-state index in [-0.39, 0.29) is 17.0 Å². The van der Waals surface area contributed by atoms with Gasteiger partial charge >= 0.3 is 5.00 Å². The van der Waals surface area contributed by atoms with Crippen LogP contribution in [0.15, 0.2) is 12.1 Å². The van der Waals surface area contributed by atoms with Gasteiger partial charge in [0.25, 0.3) is 5.91 Å². The number of hydrogen-bond donors (Lipinski definition) is 1. The van der Waals surface area contributed by atoms with E-state index in [1.807, 2.05) is 13.8 Å². The van der Waals surface area contributed by atoms with Crippen molar-refractivity contribution in [2.75, 3.05) is 0 Å². The zero-order valence-electron chi connectivity index (χ0n) is 8.52. The van der Waals surface area contributed by atoms with Crippen molar-refractivity contribution >= 4 is 22.2 Å². The number of hydrogen-bond acceptors (Lipinski definition) is 4. The second-order valence-corrected chi connectivity index (χ2v) is 4.24. The average Bonchev–Trinajstić information content (AvgIpc) is 2.66. The largest absolute Gasteiger partial charge is 0.349 e. The molecule has 1 rings (SSSR count). The minimum Gasteiger partial charge on any atom is -0.349 e. The van der Waals surface area contributed by atoms with Crippen molar-refractivity contribution in [3.05, 3.63) is 27.1 Å². The molecule has 0 aliphatic heterocycles. The lowest BCUT2D eigenvalue weighted by Crippen LogP contribution is -2.31. The first-order valence-corrected chi connectivity index (χ1v) is 5.41. The van der Waals surface area contributed by atoms with Crippen LogP contribution in [0.5, 0.6) is 0 Å². The van der Waals surface area contributed by atoms with Gasteiger partial charge in [-0.25, -0.2) is 0 Å². The predicted molar refractivity (Wildman–Crippen MR) is 58.2 cm³/mol. The van der Waals surface area contributed by atoms with E-state index in [1.54, 1.807) is 0 Å². The number of carbonyl (C=O) groups is 1. The molecule has 0 saturated heterocycles. The molecule has 1 atom stereocenters. The summed E-state index contributed by atoms with van der Waals surface area (Å²) in [6, 6.07) is 2.90. The van der Waals surface area contributed by atoms with E-state index in [1.165, 1.54) is 12.1 Å². The van der Waals surface area contributed by atoms with E-state index < -0.39 is 4.92 Å². The Hall–Kier alpha value is -1.43. The third kappa shape index (κ3) is 3.02. The maximum Gasteiger partial charge on any atom is 0.324 e. The highest BCUT2D eigenvalue weighted by atomic mass is 32.1. The molecule has 1 aromatic heterocycles. The summed E-state index contributed by atoms with van der Waals surface area (Å²) in [5.74, 6) is -0.248. The third-order valence-electron chi connectivity index (χ3n) is 1.99. The summed E-state index contributed by atoms with van der Waals surface area (Å²) in [5.41, 5.74) is 0. The van der Waals surface area contributed by atoms with Gasteiger partial charge in [-0.2, -0.15) is 0 Å². The maximum absolute atomic E-state index is 11.5. The number of nitro groups is 1. The molecule has 0 aromatic carbocycles. The Morgan fingerprint density at radius 1 is 1.67 bits per heavy atom. The van der Waals surface area contributed by atoms with Gasteiger partial charge in [0, 0.05) is 12.1 Å². The summed E-state index contributed by atoms with van der Waals surface area (Å²) in [6.45, 7) is 3.85. The van der Waals surface area contributed by atoms with Crippen LogP contribution in [0.1, 0.15) is 29.9 Å². The summed E-state index contributed by atoms with van der Waals surface area (Å²) in [4.78, 5) is 21.8.